The molecule has 0 radical (unpaired) electrons. The molecule has 0 saturated heterocycles. The van der Waals surface area contributed by atoms with Gasteiger partial charge in [-0.25, -0.2) is 4.79 Å². The minimum Gasteiger partial charge on any atom is -0.463 e. The molecule has 1 atom stereocenters. The van der Waals surface area contributed by atoms with E-state index in [1.807, 2.05) is 13.8 Å². The molecule has 4 heteroatoms. The zero-order chi connectivity index (χ0) is 9.78. The molecule has 0 bridgehead atoms. The Labute approximate surface area is 72.2 Å². The molecular formula is C8H16O4. The Balaban J connectivity index is 3.88. The largest absolute Gasteiger partial charge is 0.463 e. The van der Waals surface area contributed by atoms with Gasteiger partial charge in [-0.1, -0.05) is 13.8 Å². The molecule has 0 unspecified atom stereocenters. The van der Waals surface area contributed by atoms with E-state index in [2.05, 4.69) is 0 Å². The maximum Gasteiger partial charge on any atom is 0.340 e. The predicted molar refractivity (Wildman–Crippen MR) is 43.5 cm³/mol. The first kappa shape index (κ1) is 11.4. The number of rotatable bonds is 4. The molecule has 4 nitrogen and oxygen atoms in total. The van der Waals surface area contributed by atoms with Crippen LogP contribution in [-0.2, 0) is 9.53 Å². The fourth-order valence-corrected chi connectivity index (χ4v) is 0.462. The number of esters is 1. The Morgan fingerprint density at radius 3 is 2.42 bits per heavy atom. The van der Waals surface area contributed by atoms with E-state index in [1.165, 1.54) is 6.92 Å². The quantitative estimate of drug-likeness (QED) is 0.588. The molecule has 0 aromatic heterocycles. The third kappa shape index (κ3) is 3.69. The van der Waals surface area contributed by atoms with E-state index in [0.29, 0.717) is 0 Å². The summed E-state index contributed by atoms with van der Waals surface area (Å²) in [6, 6.07) is 0. The summed E-state index contributed by atoms with van der Waals surface area (Å²) in [6.07, 6.45) is 0. The lowest BCUT2D eigenvalue weighted by Gasteiger charge is -2.18. The van der Waals surface area contributed by atoms with Gasteiger partial charge in [0, 0.05) is 0 Å². The predicted octanol–water partition coefficient (Wildman–Crippen LogP) is -0.0711. The van der Waals surface area contributed by atoms with Crippen molar-refractivity contribution >= 4 is 5.97 Å². The minimum atomic E-state index is -1.77. The average Bonchev–Trinajstić information content (AvgIpc) is 2.00. The van der Waals surface area contributed by atoms with Gasteiger partial charge in [0.25, 0.3) is 0 Å². The van der Waals surface area contributed by atoms with Crippen LogP contribution in [0, 0.1) is 5.92 Å². The summed E-state index contributed by atoms with van der Waals surface area (Å²) in [5.41, 5.74) is -1.77. The highest BCUT2D eigenvalue weighted by atomic mass is 16.6. The van der Waals surface area contributed by atoms with E-state index in [0.717, 1.165) is 0 Å². The molecule has 0 aliphatic rings. The van der Waals surface area contributed by atoms with E-state index < -0.39 is 18.2 Å². The Bertz CT molecular complexity index is 151. The van der Waals surface area contributed by atoms with Crippen molar-refractivity contribution in [1.82, 2.24) is 0 Å². The van der Waals surface area contributed by atoms with Crippen molar-refractivity contribution in [2.24, 2.45) is 5.92 Å². The first-order chi connectivity index (χ1) is 5.40. The molecule has 0 heterocycles. The number of aliphatic hydroxyl groups excluding tert-OH is 1. The van der Waals surface area contributed by atoms with Crippen molar-refractivity contribution in [3.8, 4) is 0 Å². The standard InChI is InChI=1S/C8H16O4/c1-6(2)4-12-7(10)8(3,11)5-9/h6,9,11H,4-5H2,1-3H3/t8-/m1/s1. The summed E-state index contributed by atoms with van der Waals surface area (Å²) < 4.78 is 4.71. The third-order valence-electron chi connectivity index (χ3n) is 1.30. The van der Waals surface area contributed by atoms with Crippen molar-refractivity contribution < 1.29 is 19.7 Å². The Kier molecular flexibility index (Phi) is 4.20. The van der Waals surface area contributed by atoms with Gasteiger partial charge in [-0.3, -0.25) is 0 Å². The van der Waals surface area contributed by atoms with E-state index in [9.17, 15) is 9.90 Å². The zero-order valence-corrected chi connectivity index (χ0v) is 7.70. The second-order valence-electron chi connectivity index (χ2n) is 3.42. The van der Waals surface area contributed by atoms with Crippen molar-refractivity contribution in [1.29, 1.82) is 0 Å². The van der Waals surface area contributed by atoms with Gasteiger partial charge in [-0.05, 0) is 12.8 Å². The van der Waals surface area contributed by atoms with Crippen LogP contribution in [0.5, 0.6) is 0 Å². The monoisotopic (exact) mass is 176 g/mol. The van der Waals surface area contributed by atoms with Gasteiger partial charge in [-0.15, -0.1) is 0 Å². The summed E-state index contributed by atoms with van der Waals surface area (Å²) >= 11 is 0. The molecule has 0 saturated carbocycles. The average molecular weight is 176 g/mol. The van der Waals surface area contributed by atoms with Crippen molar-refractivity contribution in [3.05, 3.63) is 0 Å². The van der Waals surface area contributed by atoms with E-state index in [-0.39, 0.29) is 12.5 Å². The van der Waals surface area contributed by atoms with Crippen LogP contribution < -0.4 is 0 Å². The first-order valence-corrected chi connectivity index (χ1v) is 3.90. The topological polar surface area (TPSA) is 66.8 Å². The van der Waals surface area contributed by atoms with Gasteiger partial charge < -0.3 is 14.9 Å². The van der Waals surface area contributed by atoms with Crippen LogP contribution in [0.2, 0.25) is 0 Å². The second-order valence-corrected chi connectivity index (χ2v) is 3.42. The smallest absolute Gasteiger partial charge is 0.340 e. The maximum absolute atomic E-state index is 11.0. The second kappa shape index (κ2) is 4.42. The molecule has 0 amide bonds. The van der Waals surface area contributed by atoms with Crippen molar-refractivity contribution in [2.45, 2.75) is 26.4 Å². The molecule has 2 N–H and O–H groups in total. The fourth-order valence-electron chi connectivity index (χ4n) is 0.462. The molecule has 0 spiro atoms. The van der Waals surface area contributed by atoms with Gasteiger partial charge in [0.05, 0.1) is 13.2 Å². The number of carbonyl (C=O) groups excluding carboxylic acids is 1. The molecule has 0 aromatic rings. The lowest BCUT2D eigenvalue weighted by molar-refractivity contribution is -0.168. The number of carbonyl (C=O) groups is 1. The summed E-state index contributed by atoms with van der Waals surface area (Å²) in [5, 5.41) is 17.8. The number of hydrogen-bond acceptors (Lipinski definition) is 4. The lowest BCUT2D eigenvalue weighted by Crippen LogP contribution is -2.40. The van der Waals surface area contributed by atoms with Crippen molar-refractivity contribution in [3.63, 3.8) is 0 Å². The number of ether oxygens (including phenoxy) is 1. The molecular weight excluding hydrogens is 160 g/mol. The van der Waals surface area contributed by atoms with Crippen LogP contribution in [-0.4, -0.2) is 35.0 Å². The van der Waals surface area contributed by atoms with Gasteiger partial charge in [0.15, 0.2) is 5.60 Å². The molecule has 0 fully saturated rings. The molecule has 0 aliphatic heterocycles. The Hall–Kier alpha value is -0.610. The van der Waals surface area contributed by atoms with Crippen LogP contribution in [0.15, 0.2) is 0 Å². The molecule has 72 valence electrons. The van der Waals surface area contributed by atoms with Crippen LogP contribution in [0.3, 0.4) is 0 Å². The highest BCUT2D eigenvalue weighted by molar-refractivity contribution is 5.78. The van der Waals surface area contributed by atoms with E-state index in [4.69, 9.17) is 9.84 Å². The third-order valence-corrected chi connectivity index (χ3v) is 1.30. The van der Waals surface area contributed by atoms with Gasteiger partial charge in [0.1, 0.15) is 0 Å². The maximum atomic E-state index is 11.0. The van der Waals surface area contributed by atoms with Crippen molar-refractivity contribution in [2.75, 3.05) is 13.2 Å². The minimum absolute atomic E-state index is 0.225. The highest BCUT2D eigenvalue weighted by Crippen LogP contribution is 2.05. The Morgan fingerprint density at radius 2 is 2.08 bits per heavy atom. The number of hydrogen-bond donors (Lipinski definition) is 2. The van der Waals surface area contributed by atoms with Crippen LogP contribution in [0.1, 0.15) is 20.8 Å². The van der Waals surface area contributed by atoms with E-state index in [1.54, 1.807) is 0 Å². The highest BCUT2D eigenvalue weighted by Gasteiger charge is 2.31. The zero-order valence-electron chi connectivity index (χ0n) is 7.70. The first-order valence-electron chi connectivity index (χ1n) is 3.90. The molecule has 0 aromatic carbocycles. The molecule has 12 heavy (non-hydrogen) atoms. The SMILES string of the molecule is CC(C)COC(=O)[C@](C)(O)CO. The normalized spacial score (nSPS) is 15.8. The van der Waals surface area contributed by atoms with Crippen LogP contribution >= 0.6 is 0 Å². The Morgan fingerprint density at radius 1 is 1.58 bits per heavy atom. The molecule has 0 aliphatic carbocycles. The summed E-state index contributed by atoms with van der Waals surface area (Å²) in [6.45, 7) is 4.64. The fraction of sp³-hybridized carbons (Fsp3) is 0.875. The summed E-state index contributed by atoms with van der Waals surface area (Å²) in [5.74, 6) is -0.554. The lowest BCUT2D eigenvalue weighted by atomic mass is 10.1. The van der Waals surface area contributed by atoms with Gasteiger partial charge >= 0.3 is 5.97 Å². The van der Waals surface area contributed by atoms with Crippen LogP contribution in [0.25, 0.3) is 0 Å². The summed E-state index contributed by atoms with van der Waals surface area (Å²) in [4.78, 5) is 11.0. The molecule has 0 rings (SSSR count). The van der Waals surface area contributed by atoms with E-state index >= 15 is 0 Å². The van der Waals surface area contributed by atoms with Crippen LogP contribution in [0.4, 0.5) is 0 Å². The summed E-state index contributed by atoms with van der Waals surface area (Å²) in [7, 11) is 0. The van der Waals surface area contributed by atoms with Gasteiger partial charge in [0.2, 0.25) is 0 Å². The van der Waals surface area contributed by atoms with Gasteiger partial charge in [-0.2, -0.15) is 0 Å². The number of aliphatic hydroxyl groups is 2.